The Kier molecular flexibility index (Phi) is 3.85. The van der Waals surface area contributed by atoms with E-state index in [1.165, 1.54) is 24.7 Å². The number of aromatic amines is 2. The van der Waals surface area contributed by atoms with Crippen LogP contribution in [0.3, 0.4) is 0 Å². The van der Waals surface area contributed by atoms with E-state index in [1.807, 2.05) is 0 Å². The molecule has 0 radical (unpaired) electrons. The molecule has 0 fully saturated rings. The summed E-state index contributed by atoms with van der Waals surface area (Å²) in [5, 5.41) is 9.24. The molecule has 2 aromatic rings. The summed E-state index contributed by atoms with van der Waals surface area (Å²) >= 11 is 0. The van der Waals surface area contributed by atoms with Gasteiger partial charge in [-0.15, -0.1) is 0 Å². The molecule has 0 saturated heterocycles. The van der Waals surface area contributed by atoms with Gasteiger partial charge in [-0.3, -0.25) is 14.7 Å². The van der Waals surface area contributed by atoms with Crippen molar-refractivity contribution in [2.75, 3.05) is 6.54 Å². The first-order valence-electron chi connectivity index (χ1n) is 5.57. The van der Waals surface area contributed by atoms with E-state index in [0.29, 0.717) is 12.1 Å². The van der Waals surface area contributed by atoms with Crippen LogP contribution in [0, 0.1) is 0 Å². The summed E-state index contributed by atoms with van der Waals surface area (Å²) in [5.74, 6) is 0.595. The average molecular weight is 247 g/mol. The van der Waals surface area contributed by atoms with Crippen molar-refractivity contribution in [2.45, 2.75) is 12.8 Å². The van der Waals surface area contributed by atoms with Crippen LogP contribution in [0.4, 0.5) is 0 Å². The maximum Gasteiger partial charge on any atom is 0.252 e. The van der Waals surface area contributed by atoms with Gasteiger partial charge in [0.05, 0.1) is 5.56 Å². The number of pyridine rings is 1. The van der Waals surface area contributed by atoms with Crippen molar-refractivity contribution in [3.05, 3.63) is 46.4 Å². The highest BCUT2D eigenvalue weighted by atomic mass is 16.1. The summed E-state index contributed by atoms with van der Waals surface area (Å²) in [7, 11) is 0. The molecule has 2 heterocycles. The highest BCUT2D eigenvalue weighted by Gasteiger charge is 2.04. The first-order chi connectivity index (χ1) is 8.75. The van der Waals surface area contributed by atoms with E-state index >= 15 is 0 Å². The van der Waals surface area contributed by atoms with Gasteiger partial charge in [-0.2, -0.15) is 5.10 Å². The second-order valence-electron chi connectivity index (χ2n) is 3.73. The summed E-state index contributed by atoms with van der Waals surface area (Å²) in [5.41, 5.74) is 0.214. The maximum absolute atomic E-state index is 11.6. The number of carbonyl (C=O) groups excluding carboxylic acids is 1. The smallest absolute Gasteiger partial charge is 0.252 e. The zero-order valence-corrected chi connectivity index (χ0v) is 9.64. The second kappa shape index (κ2) is 5.76. The predicted molar refractivity (Wildman–Crippen MR) is 64.1 cm³/mol. The lowest BCUT2D eigenvalue weighted by molar-refractivity contribution is 0.0953. The van der Waals surface area contributed by atoms with Crippen LogP contribution >= 0.6 is 0 Å². The number of amides is 1. The fourth-order valence-electron chi connectivity index (χ4n) is 1.46. The number of nitrogens with one attached hydrogen (secondary N) is 3. The molecule has 2 aromatic heterocycles. The Hall–Kier alpha value is -2.44. The summed E-state index contributed by atoms with van der Waals surface area (Å²) in [6, 6.07) is 2.81. The van der Waals surface area contributed by atoms with Crippen molar-refractivity contribution in [2.24, 2.45) is 0 Å². The van der Waals surface area contributed by atoms with Gasteiger partial charge >= 0.3 is 0 Å². The molecule has 0 aliphatic heterocycles. The summed E-state index contributed by atoms with van der Waals surface area (Å²) < 4.78 is 0. The number of hydrogen-bond donors (Lipinski definition) is 3. The van der Waals surface area contributed by atoms with Gasteiger partial charge in [-0.05, 0) is 12.5 Å². The summed E-state index contributed by atoms with van der Waals surface area (Å²) in [6.07, 6.45) is 4.35. The minimum Gasteiger partial charge on any atom is -0.352 e. The molecule has 18 heavy (non-hydrogen) atoms. The molecule has 0 bridgehead atoms. The lowest BCUT2D eigenvalue weighted by Crippen LogP contribution is -2.25. The number of aromatic nitrogens is 4. The van der Waals surface area contributed by atoms with Crippen molar-refractivity contribution in [1.29, 1.82) is 0 Å². The number of carbonyl (C=O) groups is 1. The van der Waals surface area contributed by atoms with Crippen molar-refractivity contribution in [3.8, 4) is 0 Å². The van der Waals surface area contributed by atoms with E-state index in [0.717, 1.165) is 18.7 Å². The minimum absolute atomic E-state index is 0.205. The Balaban J connectivity index is 1.75. The Morgan fingerprint density at radius 3 is 2.94 bits per heavy atom. The van der Waals surface area contributed by atoms with Gasteiger partial charge in [-0.1, -0.05) is 0 Å². The molecule has 7 heteroatoms. The summed E-state index contributed by atoms with van der Waals surface area (Å²) in [4.78, 5) is 28.9. The Labute approximate surface area is 103 Å². The molecule has 0 atom stereocenters. The van der Waals surface area contributed by atoms with Crippen LogP contribution in [0.2, 0.25) is 0 Å². The Morgan fingerprint density at radius 1 is 1.39 bits per heavy atom. The monoisotopic (exact) mass is 247 g/mol. The van der Waals surface area contributed by atoms with E-state index in [-0.39, 0.29) is 11.5 Å². The SMILES string of the molecule is O=C(NCCCc1ncn[nH]1)c1ccc(=O)[nH]c1. The topological polar surface area (TPSA) is 104 Å². The van der Waals surface area contributed by atoms with Gasteiger partial charge in [0.25, 0.3) is 5.91 Å². The third-order valence-electron chi connectivity index (χ3n) is 2.39. The third-order valence-corrected chi connectivity index (χ3v) is 2.39. The molecular formula is C11H13N5O2. The minimum atomic E-state index is -0.225. The zero-order valence-electron chi connectivity index (χ0n) is 9.64. The number of rotatable bonds is 5. The van der Waals surface area contributed by atoms with Gasteiger partial charge in [0.1, 0.15) is 12.2 Å². The van der Waals surface area contributed by atoms with Crippen LogP contribution in [0.5, 0.6) is 0 Å². The van der Waals surface area contributed by atoms with Crippen LogP contribution in [-0.4, -0.2) is 32.6 Å². The normalized spacial score (nSPS) is 10.2. The Bertz CT molecular complexity index is 541. The quantitative estimate of drug-likeness (QED) is 0.639. The number of H-pyrrole nitrogens is 2. The van der Waals surface area contributed by atoms with E-state index in [1.54, 1.807) is 0 Å². The fourth-order valence-corrected chi connectivity index (χ4v) is 1.46. The van der Waals surface area contributed by atoms with Crippen LogP contribution in [0.25, 0.3) is 0 Å². The average Bonchev–Trinajstić information content (AvgIpc) is 2.88. The van der Waals surface area contributed by atoms with Crippen molar-refractivity contribution in [1.82, 2.24) is 25.5 Å². The highest BCUT2D eigenvalue weighted by molar-refractivity contribution is 5.93. The molecule has 0 aliphatic rings. The number of hydrogen-bond acceptors (Lipinski definition) is 4. The first-order valence-corrected chi connectivity index (χ1v) is 5.57. The largest absolute Gasteiger partial charge is 0.352 e. The molecule has 7 nitrogen and oxygen atoms in total. The molecule has 1 amide bonds. The maximum atomic E-state index is 11.6. The molecule has 0 spiro atoms. The van der Waals surface area contributed by atoms with Crippen LogP contribution in [0.1, 0.15) is 22.6 Å². The van der Waals surface area contributed by atoms with Crippen LogP contribution < -0.4 is 10.9 Å². The van der Waals surface area contributed by atoms with Crippen molar-refractivity contribution >= 4 is 5.91 Å². The molecule has 2 rings (SSSR count). The van der Waals surface area contributed by atoms with Gasteiger partial charge in [-0.25, -0.2) is 4.98 Å². The van der Waals surface area contributed by atoms with Crippen molar-refractivity contribution < 1.29 is 4.79 Å². The molecule has 94 valence electrons. The van der Waals surface area contributed by atoms with Gasteiger partial charge in [0.2, 0.25) is 5.56 Å². The lowest BCUT2D eigenvalue weighted by Gasteiger charge is -2.03. The third kappa shape index (κ3) is 3.27. The summed E-state index contributed by atoms with van der Waals surface area (Å²) in [6.45, 7) is 0.540. The molecule has 3 N–H and O–H groups in total. The molecular weight excluding hydrogens is 234 g/mol. The molecule has 0 saturated carbocycles. The Morgan fingerprint density at radius 2 is 2.28 bits per heavy atom. The van der Waals surface area contributed by atoms with Crippen molar-refractivity contribution in [3.63, 3.8) is 0 Å². The fraction of sp³-hybridized carbons (Fsp3) is 0.273. The van der Waals surface area contributed by atoms with Gasteiger partial charge < -0.3 is 10.3 Å². The van der Waals surface area contributed by atoms with E-state index in [4.69, 9.17) is 0 Å². The van der Waals surface area contributed by atoms with E-state index < -0.39 is 0 Å². The zero-order chi connectivity index (χ0) is 12.8. The van der Waals surface area contributed by atoms with Gasteiger partial charge in [0, 0.05) is 25.2 Å². The van der Waals surface area contributed by atoms with Gasteiger partial charge in [0.15, 0.2) is 0 Å². The standard InChI is InChI=1S/C11H13N5O2/c17-10-4-3-8(6-13-10)11(18)12-5-1-2-9-14-7-15-16-9/h3-4,6-7H,1-2,5H2,(H,12,18)(H,13,17)(H,14,15,16). The molecule has 0 unspecified atom stereocenters. The highest BCUT2D eigenvalue weighted by Crippen LogP contribution is 1.95. The molecule has 0 aromatic carbocycles. The second-order valence-corrected chi connectivity index (χ2v) is 3.73. The van der Waals surface area contributed by atoms with E-state index in [9.17, 15) is 9.59 Å². The van der Waals surface area contributed by atoms with Crippen LogP contribution in [0.15, 0.2) is 29.5 Å². The predicted octanol–water partition coefficient (Wildman–Crippen LogP) is -0.144. The van der Waals surface area contributed by atoms with E-state index in [2.05, 4.69) is 25.5 Å². The van der Waals surface area contributed by atoms with Crippen LogP contribution in [-0.2, 0) is 6.42 Å². The molecule has 0 aliphatic carbocycles. The number of aryl methyl sites for hydroxylation is 1. The number of nitrogens with zero attached hydrogens (tertiary/aromatic N) is 2. The lowest BCUT2D eigenvalue weighted by atomic mass is 10.2. The first kappa shape index (κ1) is 12.0.